The molecule has 0 unspecified atom stereocenters. The van der Waals surface area contributed by atoms with E-state index in [-0.39, 0.29) is 22.0 Å². The molecule has 0 saturated carbocycles. The second kappa shape index (κ2) is 6.57. The maximum absolute atomic E-state index is 13.8. The number of ether oxygens (including phenoxy) is 1. The predicted octanol–water partition coefficient (Wildman–Crippen LogP) is 3.81. The van der Waals surface area contributed by atoms with Crippen LogP contribution in [0, 0.1) is 5.82 Å². The summed E-state index contributed by atoms with van der Waals surface area (Å²) in [6.07, 6.45) is 0. The van der Waals surface area contributed by atoms with Crippen LogP contribution in [0.2, 0.25) is 0 Å². The number of fused-ring (bicyclic) bond motifs is 1. The summed E-state index contributed by atoms with van der Waals surface area (Å²) in [5.74, 6) is -1.15. The largest absolute Gasteiger partial charge is 0.464 e. The molecule has 0 aliphatic rings. The number of alkyl halides is 1. The maximum atomic E-state index is 13.8. The zero-order valence-electron chi connectivity index (χ0n) is 12.8. The molecule has 6 heteroatoms. The van der Waals surface area contributed by atoms with Crippen LogP contribution in [0.1, 0.15) is 16.1 Å². The maximum Gasteiger partial charge on any atom is 0.355 e. The molecule has 1 heterocycles. The highest BCUT2D eigenvalue weighted by Gasteiger charge is 2.23. The van der Waals surface area contributed by atoms with Crippen LogP contribution in [-0.4, -0.2) is 17.6 Å². The van der Waals surface area contributed by atoms with Crippen LogP contribution in [0.4, 0.5) is 4.39 Å². The van der Waals surface area contributed by atoms with Crippen molar-refractivity contribution in [3.8, 4) is 5.69 Å². The molecule has 122 valence electrons. The van der Waals surface area contributed by atoms with Crippen molar-refractivity contribution < 1.29 is 13.9 Å². The Kier molecular flexibility index (Phi) is 4.49. The number of aromatic nitrogens is 1. The number of hydrogen-bond acceptors (Lipinski definition) is 3. The molecule has 4 nitrogen and oxygen atoms in total. The SMILES string of the molecule is COC(=O)c1c(CBr)c(=O)c2ccc(F)cc2n1-c1ccccc1. The van der Waals surface area contributed by atoms with Gasteiger partial charge in [-0.2, -0.15) is 0 Å². The van der Waals surface area contributed by atoms with Gasteiger partial charge in [0, 0.05) is 22.0 Å². The van der Waals surface area contributed by atoms with Crippen molar-refractivity contribution in [2.45, 2.75) is 5.33 Å². The van der Waals surface area contributed by atoms with E-state index >= 15 is 0 Å². The Morgan fingerprint density at radius 1 is 1.21 bits per heavy atom. The number of esters is 1. The number of carbonyl (C=O) groups is 1. The highest BCUT2D eigenvalue weighted by molar-refractivity contribution is 9.08. The van der Waals surface area contributed by atoms with E-state index in [9.17, 15) is 14.0 Å². The summed E-state index contributed by atoms with van der Waals surface area (Å²) in [5, 5.41) is 0.513. The number of pyridine rings is 1. The van der Waals surface area contributed by atoms with Gasteiger partial charge in [-0.05, 0) is 30.3 Å². The highest BCUT2D eigenvalue weighted by atomic mass is 79.9. The van der Waals surface area contributed by atoms with Crippen LogP contribution in [-0.2, 0) is 10.1 Å². The number of halogens is 2. The first-order valence-corrected chi connectivity index (χ1v) is 8.27. The van der Waals surface area contributed by atoms with Gasteiger partial charge in [0.2, 0.25) is 0 Å². The van der Waals surface area contributed by atoms with E-state index in [1.165, 1.54) is 25.3 Å². The molecule has 0 bridgehead atoms. The Morgan fingerprint density at radius 2 is 1.92 bits per heavy atom. The third-order valence-electron chi connectivity index (χ3n) is 3.76. The van der Waals surface area contributed by atoms with Crippen molar-refractivity contribution in [1.82, 2.24) is 4.57 Å². The lowest BCUT2D eigenvalue weighted by Crippen LogP contribution is -2.23. The molecular formula is C18H13BrFNO3. The van der Waals surface area contributed by atoms with Gasteiger partial charge in [-0.1, -0.05) is 34.1 Å². The van der Waals surface area contributed by atoms with Crippen LogP contribution in [0.5, 0.6) is 0 Å². The number of rotatable bonds is 3. The molecule has 0 amide bonds. The Labute approximate surface area is 145 Å². The fourth-order valence-corrected chi connectivity index (χ4v) is 3.21. The summed E-state index contributed by atoms with van der Waals surface area (Å²) in [7, 11) is 1.25. The zero-order valence-corrected chi connectivity index (χ0v) is 14.3. The van der Waals surface area contributed by atoms with Crippen LogP contribution >= 0.6 is 15.9 Å². The van der Waals surface area contributed by atoms with Crippen LogP contribution in [0.15, 0.2) is 53.3 Å². The first-order valence-electron chi connectivity index (χ1n) is 7.15. The standard InChI is InChI=1S/C18H13BrFNO3/c1-24-18(23)16-14(10-19)17(22)13-8-7-11(20)9-15(13)21(16)12-5-3-2-4-6-12/h2-9H,10H2,1H3. The molecule has 0 radical (unpaired) electrons. The van der Waals surface area contributed by atoms with Gasteiger partial charge >= 0.3 is 5.97 Å². The number of carbonyl (C=O) groups excluding carboxylic acids is 1. The quantitative estimate of drug-likeness (QED) is 0.505. The average Bonchev–Trinajstić information content (AvgIpc) is 2.61. The predicted molar refractivity (Wildman–Crippen MR) is 93.5 cm³/mol. The van der Waals surface area contributed by atoms with E-state index in [4.69, 9.17) is 4.74 Å². The first kappa shape index (κ1) is 16.4. The van der Waals surface area contributed by atoms with Gasteiger partial charge in [0.25, 0.3) is 0 Å². The Bertz CT molecular complexity index is 983. The summed E-state index contributed by atoms with van der Waals surface area (Å²) < 4.78 is 20.2. The minimum Gasteiger partial charge on any atom is -0.464 e. The molecule has 0 aliphatic carbocycles. The van der Waals surface area contributed by atoms with Gasteiger partial charge in [0.15, 0.2) is 5.43 Å². The molecule has 3 rings (SSSR count). The molecule has 0 aliphatic heterocycles. The van der Waals surface area contributed by atoms with Crippen LogP contribution in [0.3, 0.4) is 0 Å². The van der Waals surface area contributed by atoms with Crippen molar-refractivity contribution >= 4 is 32.8 Å². The molecule has 0 fully saturated rings. The van der Waals surface area contributed by atoms with Crippen molar-refractivity contribution in [3.63, 3.8) is 0 Å². The lowest BCUT2D eigenvalue weighted by Gasteiger charge is -2.18. The molecule has 3 aromatic rings. The van der Waals surface area contributed by atoms with E-state index in [0.717, 1.165) is 0 Å². The molecule has 1 aromatic heterocycles. The smallest absolute Gasteiger partial charge is 0.355 e. The van der Waals surface area contributed by atoms with Gasteiger partial charge in [-0.15, -0.1) is 0 Å². The number of methoxy groups -OCH3 is 1. The second-order valence-electron chi connectivity index (χ2n) is 5.11. The van der Waals surface area contributed by atoms with Crippen LogP contribution < -0.4 is 5.43 Å². The van der Waals surface area contributed by atoms with E-state index < -0.39 is 11.8 Å². The molecule has 0 atom stereocenters. The van der Waals surface area contributed by atoms with Gasteiger partial charge in [0.05, 0.1) is 12.6 Å². The molecule has 2 aromatic carbocycles. The minimum atomic E-state index is -0.656. The lowest BCUT2D eigenvalue weighted by molar-refractivity contribution is 0.0590. The van der Waals surface area contributed by atoms with Gasteiger partial charge in [-0.25, -0.2) is 9.18 Å². The van der Waals surface area contributed by atoms with Gasteiger partial charge < -0.3 is 9.30 Å². The van der Waals surface area contributed by atoms with E-state index in [1.54, 1.807) is 28.8 Å². The third-order valence-corrected chi connectivity index (χ3v) is 4.32. The normalized spacial score (nSPS) is 10.8. The van der Waals surface area contributed by atoms with E-state index in [0.29, 0.717) is 16.6 Å². The van der Waals surface area contributed by atoms with E-state index in [2.05, 4.69) is 15.9 Å². The molecule has 0 saturated heterocycles. The second-order valence-corrected chi connectivity index (χ2v) is 5.67. The summed E-state index contributed by atoms with van der Waals surface area (Å²) in [5.41, 5.74) is 0.981. The first-order chi connectivity index (χ1) is 11.6. The fraction of sp³-hybridized carbons (Fsp3) is 0.111. The van der Waals surface area contributed by atoms with E-state index in [1.807, 2.05) is 6.07 Å². The summed E-state index contributed by atoms with van der Waals surface area (Å²) in [6.45, 7) is 0. The molecule has 0 N–H and O–H groups in total. The number of benzene rings is 2. The number of para-hydroxylation sites is 1. The topological polar surface area (TPSA) is 48.3 Å². The highest BCUT2D eigenvalue weighted by Crippen LogP contribution is 2.24. The van der Waals surface area contributed by atoms with Crippen molar-refractivity contribution in [2.24, 2.45) is 0 Å². The number of nitrogens with zero attached hydrogens (tertiary/aromatic N) is 1. The lowest BCUT2D eigenvalue weighted by atomic mass is 10.1. The minimum absolute atomic E-state index is 0.0867. The Hall–Kier alpha value is -2.47. The van der Waals surface area contributed by atoms with Gasteiger partial charge in [0.1, 0.15) is 11.5 Å². The summed E-state index contributed by atoms with van der Waals surface area (Å²) in [4.78, 5) is 25.1. The molecule has 0 spiro atoms. The fourth-order valence-electron chi connectivity index (χ4n) is 2.69. The van der Waals surface area contributed by atoms with Crippen molar-refractivity contribution in [3.05, 3.63) is 75.8 Å². The summed E-state index contributed by atoms with van der Waals surface area (Å²) in [6, 6.07) is 12.9. The van der Waals surface area contributed by atoms with Crippen LogP contribution in [0.25, 0.3) is 16.6 Å². The summed E-state index contributed by atoms with van der Waals surface area (Å²) >= 11 is 3.27. The third kappa shape index (κ3) is 2.63. The van der Waals surface area contributed by atoms with Crippen molar-refractivity contribution in [1.29, 1.82) is 0 Å². The molecular weight excluding hydrogens is 377 g/mol. The number of hydrogen-bond donors (Lipinski definition) is 0. The monoisotopic (exact) mass is 389 g/mol. The Balaban J connectivity index is 2.58. The molecule has 24 heavy (non-hydrogen) atoms. The zero-order chi connectivity index (χ0) is 17.3. The Morgan fingerprint density at radius 3 is 2.54 bits per heavy atom. The van der Waals surface area contributed by atoms with Crippen molar-refractivity contribution in [2.75, 3.05) is 7.11 Å². The van der Waals surface area contributed by atoms with Gasteiger partial charge in [-0.3, -0.25) is 4.79 Å². The average molecular weight is 390 g/mol.